The van der Waals surface area contributed by atoms with Crippen molar-refractivity contribution in [3.05, 3.63) is 64.1 Å². The number of oxime groups is 1. The van der Waals surface area contributed by atoms with E-state index in [0.717, 1.165) is 4.90 Å². The van der Waals surface area contributed by atoms with Gasteiger partial charge in [-0.3, -0.25) is 9.59 Å². The van der Waals surface area contributed by atoms with Crippen LogP contribution >= 0.6 is 23.2 Å². The van der Waals surface area contributed by atoms with Gasteiger partial charge in [-0.15, -0.1) is 0 Å². The van der Waals surface area contributed by atoms with Crippen LogP contribution in [0.3, 0.4) is 0 Å². The van der Waals surface area contributed by atoms with Crippen molar-refractivity contribution in [2.24, 2.45) is 11.1 Å². The van der Waals surface area contributed by atoms with Crippen molar-refractivity contribution in [1.82, 2.24) is 0 Å². The summed E-state index contributed by atoms with van der Waals surface area (Å²) in [7, 11) is 0. The minimum Gasteiger partial charge on any atom is -0.381 e. The molecule has 2 aliphatic rings. The van der Waals surface area contributed by atoms with Crippen molar-refractivity contribution in [1.29, 1.82) is 0 Å². The molecule has 2 aromatic rings. The van der Waals surface area contributed by atoms with Crippen LogP contribution in [0.4, 0.5) is 5.69 Å². The first kappa shape index (κ1) is 15.2. The molecule has 120 valence electrons. The van der Waals surface area contributed by atoms with Gasteiger partial charge in [0.15, 0.2) is 0 Å². The fraction of sp³-hybridized carbons (Fsp3) is 0.118. The summed E-state index contributed by atoms with van der Waals surface area (Å²) in [5, 5.41) is 5.05. The SMILES string of the molecule is O=C1[C@@H]2C(c3ccc(Cl)cc3)=NO[C@@H]2C(=O)N1c1ccc(Cl)cc1. The smallest absolute Gasteiger partial charge is 0.278 e. The highest BCUT2D eigenvalue weighted by Gasteiger charge is 2.56. The highest BCUT2D eigenvalue weighted by molar-refractivity contribution is 6.33. The molecule has 0 saturated carbocycles. The van der Waals surface area contributed by atoms with Crippen LogP contribution in [0.15, 0.2) is 53.7 Å². The van der Waals surface area contributed by atoms with Crippen LogP contribution < -0.4 is 4.90 Å². The second kappa shape index (κ2) is 5.61. The van der Waals surface area contributed by atoms with Gasteiger partial charge in [-0.05, 0) is 36.4 Å². The summed E-state index contributed by atoms with van der Waals surface area (Å²) in [6, 6.07) is 13.4. The van der Waals surface area contributed by atoms with Gasteiger partial charge in [-0.2, -0.15) is 0 Å². The summed E-state index contributed by atoms with van der Waals surface area (Å²) < 4.78 is 0. The minimum absolute atomic E-state index is 0.362. The van der Waals surface area contributed by atoms with Crippen LogP contribution in [0.5, 0.6) is 0 Å². The second-order valence-corrected chi connectivity index (χ2v) is 6.35. The van der Waals surface area contributed by atoms with Crippen LogP contribution in [0, 0.1) is 5.92 Å². The van der Waals surface area contributed by atoms with Gasteiger partial charge >= 0.3 is 0 Å². The maximum atomic E-state index is 12.8. The summed E-state index contributed by atoms with van der Waals surface area (Å²) in [6.07, 6.45) is -0.932. The first-order chi connectivity index (χ1) is 11.6. The zero-order valence-electron chi connectivity index (χ0n) is 12.1. The molecule has 7 heteroatoms. The molecule has 0 N–H and O–H groups in total. The Morgan fingerprint density at radius 3 is 2.08 bits per heavy atom. The fourth-order valence-electron chi connectivity index (χ4n) is 2.88. The number of rotatable bonds is 2. The molecule has 0 spiro atoms. The van der Waals surface area contributed by atoms with E-state index in [-0.39, 0.29) is 5.91 Å². The number of imide groups is 1. The van der Waals surface area contributed by atoms with E-state index in [2.05, 4.69) is 5.16 Å². The lowest BCUT2D eigenvalue weighted by molar-refractivity contribution is -0.126. The predicted molar refractivity (Wildman–Crippen MR) is 90.3 cm³/mol. The Kier molecular flexibility index (Phi) is 3.55. The van der Waals surface area contributed by atoms with Crippen molar-refractivity contribution >= 4 is 46.4 Å². The first-order valence-corrected chi connectivity index (χ1v) is 7.95. The van der Waals surface area contributed by atoms with E-state index in [0.29, 0.717) is 27.0 Å². The molecule has 2 aromatic carbocycles. The number of hydrogen-bond donors (Lipinski definition) is 0. The fourth-order valence-corrected chi connectivity index (χ4v) is 3.13. The van der Waals surface area contributed by atoms with E-state index < -0.39 is 17.9 Å². The number of carbonyl (C=O) groups is 2. The molecule has 2 heterocycles. The highest BCUT2D eigenvalue weighted by Crippen LogP contribution is 2.35. The van der Waals surface area contributed by atoms with Gasteiger partial charge in [-0.25, -0.2) is 4.90 Å². The number of anilines is 1. The monoisotopic (exact) mass is 360 g/mol. The average molecular weight is 361 g/mol. The summed E-state index contributed by atoms with van der Waals surface area (Å²) in [5.74, 6) is -1.55. The average Bonchev–Trinajstić information content (AvgIpc) is 3.11. The lowest BCUT2D eigenvalue weighted by atomic mass is 9.94. The summed E-state index contributed by atoms with van der Waals surface area (Å²) in [6.45, 7) is 0. The Balaban J connectivity index is 1.69. The Hall–Kier alpha value is -2.37. The highest BCUT2D eigenvalue weighted by atomic mass is 35.5. The number of halogens is 2. The number of amides is 2. The van der Waals surface area contributed by atoms with Crippen LogP contribution in [-0.4, -0.2) is 23.6 Å². The summed E-state index contributed by atoms with van der Waals surface area (Å²) >= 11 is 11.7. The molecule has 0 unspecified atom stereocenters. The maximum absolute atomic E-state index is 12.8. The normalized spacial score (nSPS) is 22.4. The molecule has 0 aromatic heterocycles. The van der Waals surface area contributed by atoms with E-state index in [9.17, 15) is 9.59 Å². The standard InChI is InChI=1S/C17H10Cl2N2O3/c18-10-3-1-9(2-4-10)14-13-15(24-20-14)17(23)21(16(13)22)12-7-5-11(19)6-8-12/h1-8,13,15H/t13-,15+/m1/s1. The number of fused-ring (bicyclic) bond motifs is 1. The molecule has 24 heavy (non-hydrogen) atoms. The summed E-state index contributed by atoms with van der Waals surface area (Å²) in [5.41, 5.74) is 1.60. The quantitative estimate of drug-likeness (QED) is 0.772. The van der Waals surface area contributed by atoms with Crippen molar-refractivity contribution < 1.29 is 14.4 Å². The van der Waals surface area contributed by atoms with Crippen molar-refractivity contribution in [2.45, 2.75) is 6.10 Å². The van der Waals surface area contributed by atoms with Gasteiger partial charge in [0.1, 0.15) is 11.6 Å². The maximum Gasteiger partial charge on any atom is 0.278 e. The molecule has 1 saturated heterocycles. The van der Waals surface area contributed by atoms with Gasteiger partial charge in [0, 0.05) is 15.6 Å². The van der Waals surface area contributed by atoms with Crippen LogP contribution in [0.25, 0.3) is 0 Å². The van der Waals surface area contributed by atoms with E-state index in [1.807, 2.05) is 0 Å². The van der Waals surface area contributed by atoms with E-state index in [1.54, 1.807) is 48.5 Å². The van der Waals surface area contributed by atoms with Crippen molar-refractivity contribution in [3.63, 3.8) is 0 Å². The van der Waals surface area contributed by atoms with E-state index in [4.69, 9.17) is 28.0 Å². The Morgan fingerprint density at radius 1 is 0.875 bits per heavy atom. The lowest BCUT2D eigenvalue weighted by Gasteiger charge is -2.15. The topological polar surface area (TPSA) is 59.0 Å². The molecule has 4 rings (SSSR count). The number of nitrogens with zero attached hydrogens (tertiary/aromatic N) is 2. The third-order valence-electron chi connectivity index (χ3n) is 4.04. The molecule has 2 amide bonds. The zero-order valence-corrected chi connectivity index (χ0v) is 13.7. The molecule has 0 radical (unpaired) electrons. The van der Waals surface area contributed by atoms with Crippen molar-refractivity contribution in [3.8, 4) is 0 Å². The van der Waals surface area contributed by atoms with Gasteiger partial charge in [0.2, 0.25) is 12.0 Å². The third kappa shape index (κ3) is 2.28. The Bertz CT molecular complexity index is 862. The lowest BCUT2D eigenvalue weighted by Crippen LogP contribution is -2.33. The van der Waals surface area contributed by atoms with Gasteiger partial charge in [0.25, 0.3) is 5.91 Å². The van der Waals surface area contributed by atoms with Gasteiger partial charge in [0.05, 0.1) is 5.69 Å². The van der Waals surface area contributed by atoms with E-state index in [1.165, 1.54) is 0 Å². The molecule has 1 fully saturated rings. The largest absolute Gasteiger partial charge is 0.381 e. The van der Waals surface area contributed by atoms with Gasteiger partial charge < -0.3 is 4.84 Å². The first-order valence-electron chi connectivity index (χ1n) is 7.19. The molecule has 5 nitrogen and oxygen atoms in total. The van der Waals surface area contributed by atoms with E-state index >= 15 is 0 Å². The molecule has 2 atom stereocenters. The van der Waals surface area contributed by atoms with Crippen LogP contribution in [0.1, 0.15) is 5.56 Å². The predicted octanol–water partition coefficient (Wildman–Crippen LogP) is 3.29. The third-order valence-corrected chi connectivity index (χ3v) is 4.54. The number of carbonyl (C=O) groups excluding carboxylic acids is 2. The number of hydrogen-bond acceptors (Lipinski definition) is 4. The molecule has 2 aliphatic heterocycles. The van der Waals surface area contributed by atoms with Crippen LogP contribution in [0.2, 0.25) is 10.0 Å². The van der Waals surface area contributed by atoms with Crippen LogP contribution in [-0.2, 0) is 14.4 Å². The Labute approximate surface area is 147 Å². The zero-order chi connectivity index (χ0) is 16.8. The molecular weight excluding hydrogens is 351 g/mol. The molecular formula is C17H10Cl2N2O3. The summed E-state index contributed by atoms with van der Waals surface area (Å²) in [4.78, 5) is 31.8. The number of benzene rings is 2. The Morgan fingerprint density at radius 2 is 1.46 bits per heavy atom. The molecule has 0 aliphatic carbocycles. The molecule has 0 bridgehead atoms. The second-order valence-electron chi connectivity index (χ2n) is 5.48. The minimum atomic E-state index is -0.932. The van der Waals surface area contributed by atoms with Gasteiger partial charge in [-0.1, -0.05) is 40.5 Å². The van der Waals surface area contributed by atoms with Crippen molar-refractivity contribution in [2.75, 3.05) is 4.90 Å².